The Balaban J connectivity index is 3.18. The third-order valence-electron chi connectivity index (χ3n) is 5.26. The number of aromatic nitrogens is 4. The van der Waals surface area contributed by atoms with Gasteiger partial charge in [0.05, 0.1) is 6.54 Å². The van der Waals surface area contributed by atoms with Gasteiger partial charge in [0.25, 0.3) is 5.56 Å². The summed E-state index contributed by atoms with van der Waals surface area (Å²) < 4.78 is 27.4. The Kier molecular flexibility index (Phi) is 12.0. The smallest absolute Gasteiger partial charge is 0.425 e. The van der Waals surface area contributed by atoms with Crippen LogP contribution < -0.4 is 16.1 Å². The van der Waals surface area contributed by atoms with Crippen LogP contribution in [-0.2, 0) is 39.8 Å². The lowest BCUT2D eigenvalue weighted by atomic mass is 10.2. The van der Waals surface area contributed by atoms with Crippen LogP contribution in [0.4, 0.5) is 20.2 Å². The lowest BCUT2D eigenvalue weighted by Gasteiger charge is -2.28. The Morgan fingerprint density at radius 2 is 1.32 bits per heavy atom. The molecule has 2 aromatic heterocycles. The van der Waals surface area contributed by atoms with Crippen molar-refractivity contribution < 1.29 is 47.7 Å². The Labute approximate surface area is 274 Å². The van der Waals surface area contributed by atoms with E-state index in [9.17, 15) is 33.6 Å². The minimum atomic E-state index is -1.41. The number of amides is 2. The number of carbonyl (C=O) groups is 5. The predicted molar refractivity (Wildman–Crippen MR) is 169 cm³/mol. The SMILES string of the molecule is CSc1nc(N(C(=O)OC(C)(C)C)C(=O)OC(C)(C)C)c2c(=O)n(C(=O)OC(C)(C)C)c(=O)n(CC(COC(C)=O)OC(C)=O)c2n1. The largest absolute Gasteiger partial charge is 0.462 e. The van der Waals surface area contributed by atoms with Gasteiger partial charge in [-0.1, -0.05) is 11.8 Å². The van der Waals surface area contributed by atoms with Crippen molar-refractivity contribution in [1.82, 2.24) is 19.1 Å². The van der Waals surface area contributed by atoms with E-state index in [0.29, 0.717) is 4.90 Å². The molecule has 0 aromatic carbocycles. The van der Waals surface area contributed by atoms with Crippen LogP contribution in [0.2, 0.25) is 0 Å². The molecule has 0 aliphatic rings. The molecule has 0 aliphatic heterocycles. The summed E-state index contributed by atoms with van der Waals surface area (Å²) >= 11 is 0.924. The van der Waals surface area contributed by atoms with E-state index in [1.165, 1.54) is 62.3 Å². The van der Waals surface area contributed by atoms with Crippen LogP contribution in [0.1, 0.15) is 76.2 Å². The van der Waals surface area contributed by atoms with Crippen LogP contribution in [0.3, 0.4) is 0 Å². The van der Waals surface area contributed by atoms with Gasteiger partial charge >= 0.3 is 35.9 Å². The molecule has 2 heterocycles. The van der Waals surface area contributed by atoms with Gasteiger partial charge in [-0.05, 0) is 68.6 Å². The first-order valence-corrected chi connectivity index (χ1v) is 15.5. The third-order valence-corrected chi connectivity index (χ3v) is 5.81. The Morgan fingerprint density at radius 3 is 1.74 bits per heavy atom. The monoisotopic (exact) mass is 683 g/mol. The molecule has 17 nitrogen and oxygen atoms in total. The van der Waals surface area contributed by atoms with Gasteiger partial charge in [0, 0.05) is 13.8 Å². The summed E-state index contributed by atoms with van der Waals surface area (Å²) in [6, 6.07) is 0. The molecule has 260 valence electrons. The molecule has 0 N–H and O–H groups in total. The molecule has 0 spiro atoms. The molecule has 0 saturated carbocycles. The van der Waals surface area contributed by atoms with Crippen LogP contribution in [0.15, 0.2) is 14.7 Å². The second-order valence-corrected chi connectivity index (χ2v) is 13.9. The lowest BCUT2D eigenvalue weighted by molar-refractivity contribution is -0.157. The average molecular weight is 684 g/mol. The predicted octanol–water partition coefficient (Wildman–Crippen LogP) is 3.63. The van der Waals surface area contributed by atoms with Crippen molar-refractivity contribution in [2.75, 3.05) is 17.8 Å². The van der Waals surface area contributed by atoms with E-state index in [2.05, 4.69) is 9.97 Å². The zero-order chi connectivity index (χ0) is 36.2. The second-order valence-electron chi connectivity index (χ2n) is 13.1. The van der Waals surface area contributed by atoms with Crippen molar-refractivity contribution >= 4 is 58.8 Å². The number of fused-ring (bicyclic) bond motifs is 1. The molecule has 47 heavy (non-hydrogen) atoms. The van der Waals surface area contributed by atoms with Crippen LogP contribution in [0, 0.1) is 0 Å². The quantitative estimate of drug-likeness (QED) is 0.177. The average Bonchev–Trinajstić information content (AvgIpc) is 2.85. The highest BCUT2D eigenvalue weighted by molar-refractivity contribution is 7.98. The summed E-state index contributed by atoms with van der Waals surface area (Å²) in [5.41, 5.74) is -6.57. The standard InChI is InChI=1S/C29H41N5O12S/c1-15(35)42-14-17(43-16(2)36)13-32-19-18(21(37)34(23(32)38)26(41)46-29(9,10)11)20(31-22(30-19)47-12)33(24(39)44-27(3,4)5)25(40)45-28(6,7)8/h17H,13-14H2,1-12H3. The van der Waals surface area contributed by atoms with Crippen LogP contribution in [-0.4, -0.2) is 85.1 Å². The summed E-state index contributed by atoms with van der Waals surface area (Å²) in [4.78, 5) is 101. The minimum absolute atomic E-state index is 0.123. The van der Waals surface area contributed by atoms with Crippen LogP contribution in [0.25, 0.3) is 11.0 Å². The van der Waals surface area contributed by atoms with Gasteiger partial charge in [0.2, 0.25) is 0 Å². The molecule has 1 unspecified atom stereocenters. The number of thioether (sulfide) groups is 1. The minimum Gasteiger partial charge on any atom is -0.462 e. The fourth-order valence-corrected chi connectivity index (χ4v) is 4.09. The van der Waals surface area contributed by atoms with Gasteiger partial charge < -0.3 is 23.7 Å². The number of anilines is 1. The Bertz CT molecular complexity index is 1650. The second kappa shape index (κ2) is 14.5. The summed E-state index contributed by atoms with van der Waals surface area (Å²) in [6.07, 6.45) is -3.79. The van der Waals surface area contributed by atoms with Crippen LogP contribution in [0.5, 0.6) is 0 Å². The summed E-state index contributed by atoms with van der Waals surface area (Å²) in [5.74, 6) is -2.21. The van der Waals surface area contributed by atoms with Gasteiger partial charge in [-0.3, -0.25) is 19.0 Å². The zero-order valence-corrected chi connectivity index (χ0v) is 29.4. The summed E-state index contributed by atoms with van der Waals surface area (Å²) in [7, 11) is 0. The number of imide groups is 1. The molecule has 18 heteroatoms. The maximum absolute atomic E-state index is 14.1. The van der Waals surface area contributed by atoms with Gasteiger partial charge in [-0.25, -0.2) is 29.1 Å². The number of esters is 2. The maximum atomic E-state index is 14.1. The number of nitrogens with zero attached hydrogens (tertiary/aromatic N) is 5. The molecule has 0 fully saturated rings. The topological polar surface area (TPSA) is 205 Å². The first-order valence-electron chi connectivity index (χ1n) is 14.3. The van der Waals surface area contributed by atoms with Gasteiger partial charge in [0.15, 0.2) is 22.7 Å². The van der Waals surface area contributed by atoms with Gasteiger partial charge in [-0.15, -0.1) is 0 Å². The normalized spacial score (nSPS) is 12.6. The third kappa shape index (κ3) is 10.8. The number of ether oxygens (including phenoxy) is 5. The molecule has 0 saturated heterocycles. The van der Waals surface area contributed by atoms with Crippen molar-refractivity contribution in [3.05, 3.63) is 20.8 Å². The van der Waals surface area contributed by atoms with E-state index in [1.807, 2.05) is 0 Å². The highest BCUT2D eigenvalue weighted by atomic mass is 32.2. The van der Waals surface area contributed by atoms with Gasteiger partial charge in [0.1, 0.15) is 28.8 Å². The van der Waals surface area contributed by atoms with Crippen molar-refractivity contribution in [3.8, 4) is 0 Å². The van der Waals surface area contributed by atoms with E-state index in [1.54, 1.807) is 6.26 Å². The van der Waals surface area contributed by atoms with Crippen molar-refractivity contribution in [1.29, 1.82) is 0 Å². The zero-order valence-electron chi connectivity index (χ0n) is 28.5. The summed E-state index contributed by atoms with van der Waals surface area (Å²) in [5, 5.41) is -0.796. The van der Waals surface area contributed by atoms with Crippen molar-refractivity contribution in [2.45, 2.75) is 111 Å². The highest BCUT2D eigenvalue weighted by Gasteiger charge is 2.38. The molecular weight excluding hydrogens is 642 g/mol. The molecule has 2 rings (SSSR count). The Hall–Kier alpha value is -4.48. The number of hydrogen-bond donors (Lipinski definition) is 0. The van der Waals surface area contributed by atoms with E-state index in [0.717, 1.165) is 30.2 Å². The van der Waals surface area contributed by atoms with Gasteiger partial charge in [-0.2, -0.15) is 9.47 Å². The maximum Gasteiger partial charge on any atom is 0.425 e. The fraction of sp³-hybridized carbons (Fsp3) is 0.621. The van der Waals surface area contributed by atoms with Crippen LogP contribution >= 0.6 is 11.8 Å². The fourth-order valence-electron chi connectivity index (χ4n) is 3.74. The molecular formula is C29H41N5O12S. The van der Waals surface area contributed by atoms with E-state index in [-0.39, 0.29) is 9.72 Å². The molecule has 2 aromatic rings. The number of carbonyl (C=O) groups excluding carboxylic acids is 5. The van der Waals surface area contributed by atoms with Crippen molar-refractivity contribution in [3.63, 3.8) is 0 Å². The molecule has 0 aliphatic carbocycles. The molecule has 2 amide bonds. The Morgan fingerprint density at radius 1 is 0.809 bits per heavy atom. The molecule has 1 atom stereocenters. The molecule has 0 bridgehead atoms. The lowest BCUT2D eigenvalue weighted by Crippen LogP contribution is -2.49. The summed E-state index contributed by atoms with van der Waals surface area (Å²) in [6.45, 7) is 14.8. The first kappa shape index (κ1) is 38.7. The number of rotatable bonds is 7. The van der Waals surface area contributed by atoms with Crippen molar-refractivity contribution in [2.24, 2.45) is 0 Å². The first-order chi connectivity index (χ1) is 21.3. The van der Waals surface area contributed by atoms with E-state index in [4.69, 9.17) is 23.7 Å². The number of hydrogen-bond acceptors (Lipinski definition) is 15. The van der Waals surface area contributed by atoms with E-state index < -0.39 is 94.4 Å². The molecule has 0 radical (unpaired) electrons. The highest BCUT2D eigenvalue weighted by Crippen LogP contribution is 2.28. The van der Waals surface area contributed by atoms with E-state index >= 15 is 0 Å².